The van der Waals surface area contributed by atoms with E-state index in [1.54, 1.807) is 12.4 Å². The summed E-state index contributed by atoms with van der Waals surface area (Å²) in [4.78, 5) is 22.4. The minimum Gasteiger partial charge on any atom is -0.346 e. The third-order valence-electron chi connectivity index (χ3n) is 3.74. The number of carbonyl (C=O) groups excluding carboxylic acids is 1. The first-order valence-electron chi connectivity index (χ1n) is 8.38. The van der Waals surface area contributed by atoms with Crippen LogP contribution in [0.1, 0.15) is 22.8 Å². The fourth-order valence-corrected chi connectivity index (χ4v) is 2.55. The maximum atomic E-state index is 12.1. The molecule has 0 radical (unpaired) electrons. The Morgan fingerprint density at radius 2 is 1.96 bits per heavy atom. The van der Waals surface area contributed by atoms with E-state index in [4.69, 9.17) is 4.52 Å². The number of hydrogen-bond acceptors (Lipinski definition) is 6. The van der Waals surface area contributed by atoms with Crippen molar-refractivity contribution in [3.63, 3.8) is 0 Å². The molecule has 0 atom stereocenters. The Bertz CT molecular complexity index is 820. The van der Waals surface area contributed by atoms with Crippen molar-refractivity contribution in [2.24, 2.45) is 0 Å². The second-order valence-corrected chi connectivity index (χ2v) is 6.08. The minimum absolute atomic E-state index is 0.0980. The highest BCUT2D eigenvalue weighted by atomic mass is 16.5. The highest BCUT2D eigenvalue weighted by molar-refractivity contribution is 5.77. The molecule has 26 heavy (non-hydrogen) atoms. The Hall–Kier alpha value is -3.06. The first-order chi connectivity index (χ1) is 12.7. The zero-order chi connectivity index (χ0) is 18.2. The van der Waals surface area contributed by atoms with Gasteiger partial charge in [-0.15, -0.1) is 0 Å². The van der Waals surface area contributed by atoms with Crippen molar-refractivity contribution in [2.75, 3.05) is 13.6 Å². The summed E-state index contributed by atoms with van der Waals surface area (Å²) in [5.74, 6) is 0.910. The summed E-state index contributed by atoms with van der Waals surface area (Å²) >= 11 is 0. The fourth-order valence-electron chi connectivity index (χ4n) is 2.55. The molecular formula is C19H21N5O2. The molecule has 1 amide bonds. The highest BCUT2D eigenvalue weighted by Crippen LogP contribution is 2.06. The van der Waals surface area contributed by atoms with Gasteiger partial charge in [0.1, 0.15) is 0 Å². The van der Waals surface area contributed by atoms with Crippen LogP contribution in [0.2, 0.25) is 0 Å². The van der Waals surface area contributed by atoms with E-state index in [2.05, 4.69) is 20.4 Å². The lowest BCUT2D eigenvalue weighted by Gasteiger charge is -2.15. The van der Waals surface area contributed by atoms with Gasteiger partial charge in [-0.2, -0.15) is 4.98 Å². The van der Waals surface area contributed by atoms with Gasteiger partial charge in [0.05, 0.1) is 13.1 Å². The summed E-state index contributed by atoms with van der Waals surface area (Å²) in [5.41, 5.74) is 2.17. The second-order valence-electron chi connectivity index (χ2n) is 6.08. The maximum absolute atomic E-state index is 12.1. The van der Waals surface area contributed by atoms with Gasteiger partial charge < -0.3 is 9.84 Å². The fraction of sp³-hybridized carbons (Fsp3) is 0.263. The third-order valence-corrected chi connectivity index (χ3v) is 3.74. The van der Waals surface area contributed by atoms with Gasteiger partial charge in [-0.05, 0) is 24.2 Å². The van der Waals surface area contributed by atoms with E-state index in [-0.39, 0.29) is 19.0 Å². The van der Waals surface area contributed by atoms with Crippen LogP contribution in [0.4, 0.5) is 0 Å². The lowest BCUT2D eigenvalue weighted by molar-refractivity contribution is -0.122. The Kier molecular flexibility index (Phi) is 6.05. The van der Waals surface area contributed by atoms with E-state index in [0.717, 1.165) is 11.1 Å². The zero-order valence-corrected chi connectivity index (χ0v) is 14.6. The maximum Gasteiger partial charge on any atom is 0.246 e. The Labute approximate surface area is 152 Å². The molecule has 0 saturated carbocycles. The van der Waals surface area contributed by atoms with Crippen LogP contribution >= 0.6 is 0 Å². The van der Waals surface area contributed by atoms with Gasteiger partial charge in [-0.25, -0.2) is 0 Å². The molecule has 7 nitrogen and oxygen atoms in total. The summed E-state index contributed by atoms with van der Waals surface area (Å²) in [6.45, 7) is 1.16. The third kappa shape index (κ3) is 5.49. The Morgan fingerprint density at radius 1 is 1.15 bits per heavy atom. The summed E-state index contributed by atoms with van der Waals surface area (Å²) in [7, 11) is 1.89. The summed E-state index contributed by atoms with van der Waals surface area (Å²) < 4.78 is 5.19. The lowest BCUT2D eigenvalue weighted by atomic mass is 10.1. The predicted octanol–water partition coefficient (Wildman–Crippen LogP) is 1.80. The molecule has 0 aliphatic carbocycles. The van der Waals surface area contributed by atoms with E-state index in [9.17, 15) is 4.79 Å². The molecule has 0 bridgehead atoms. The summed E-state index contributed by atoms with van der Waals surface area (Å²) in [6, 6.07) is 13.8. The Morgan fingerprint density at radius 3 is 2.73 bits per heavy atom. The first kappa shape index (κ1) is 17.8. The van der Waals surface area contributed by atoms with Gasteiger partial charge in [0.2, 0.25) is 11.8 Å². The van der Waals surface area contributed by atoms with Crippen LogP contribution in [-0.4, -0.2) is 39.5 Å². The van der Waals surface area contributed by atoms with Gasteiger partial charge in [0.15, 0.2) is 5.82 Å². The summed E-state index contributed by atoms with van der Waals surface area (Å²) in [6.07, 6.45) is 4.12. The first-order valence-corrected chi connectivity index (χ1v) is 8.38. The van der Waals surface area contributed by atoms with Crippen LogP contribution in [0.25, 0.3) is 0 Å². The molecule has 1 N–H and O–H groups in total. The van der Waals surface area contributed by atoms with Crippen molar-refractivity contribution in [3.05, 3.63) is 77.7 Å². The van der Waals surface area contributed by atoms with Crippen LogP contribution in [0.15, 0.2) is 59.4 Å². The van der Waals surface area contributed by atoms with Crippen LogP contribution in [-0.2, 0) is 24.3 Å². The molecule has 134 valence electrons. The molecule has 0 saturated heterocycles. The van der Waals surface area contributed by atoms with Crippen molar-refractivity contribution < 1.29 is 9.32 Å². The molecule has 0 aliphatic rings. The smallest absolute Gasteiger partial charge is 0.246 e. The number of benzene rings is 1. The standard InChI is InChI=1S/C19H21N5O2/c1-24(13-16-8-5-9-20-11-16)14-18(25)21-12-19-22-17(23-26-19)10-15-6-3-2-4-7-15/h2-9,11H,10,12-14H2,1H3,(H,21,25). The largest absolute Gasteiger partial charge is 0.346 e. The predicted molar refractivity (Wildman–Crippen MR) is 96.0 cm³/mol. The lowest BCUT2D eigenvalue weighted by Crippen LogP contribution is -2.34. The van der Waals surface area contributed by atoms with Crippen LogP contribution < -0.4 is 5.32 Å². The van der Waals surface area contributed by atoms with Crippen molar-refractivity contribution in [1.29, 1.82) is 0 Å². The minimum atomic E-state index is -0.0980. The number of pyridine rings is 1. The number of aromatic nitrogens is 3. The number of hydrogen-bond donors (Lipinski definition) is 1. The molecule has 7 heteroatoms. The van der Waals surface area contributed by atoms with Crippen molar-refractivity contribution in [2.45, 2.75) is 19.5 Å². The van der Waals surface area contributed by atoms with E-state index < -0.39 is 0 Å². The zero-order valence-electron chi connectivity index (χ0n) is 14.6. The summed E-state index contributed by atoms with van der Waals surface area (Å²) in [5, 5.41) is 6.75. The molecule has 1 aromatic carbocycles. The molecule has 2 heterocycles. The van der Waals surface area contributed by atoms with Gasteiger partial charge >= 0.3 is 0 Å². The van der Waals surface area contributed by atoms with Gasteiger partial charge in [0, 0.05) is 25.4 Å². The topological polar surface area (TPSA) is 84.2 Å². The molecule has 3 rings (SSSR count). The monoisotopic (exact) mass is 351 g/mol. The molecular weight excluding hydrogens is 330 g/mol. The van der Waals surface area contributed by atoms with Crippen molar-refractivity contribution in [1.82, 2.24) is 25.3 Å². The number of rotatable bonds is 8. The molecule has 0 aliphatic heterocycles. The number of carbonyl (C=O) groups is 1. The van der Waals surface area contributed by atoms with Gasteiger partial charge in [-0.3, -0.25) is 14.7 Å². The number of likely N-dealkylation sites (N-methyl/N-ethyl adjacent to an activating group) is 1. The SMILES string of the molecule is CN(CC(=O)NCc1nc(Cc2ccccc2)no1)Cc1cccnc1. The second kappa shape index (κ2) is 8.87. The number of nitrogens with one attached hydrogen (secondary N) is 1. The molecule has 0 spiro atoms. The number of nitrogens with zero attached hydrogens (tertiary/aromatic N) is 4. The molecule has 0 fully saturated rings. The van der Waals surface area contributed by atoms with E-state index in [1.165, 1.54) is 0 Å². The van der Waals surface area contributed by atoms with Crippen molar-refractivity contribution >= 4 is 5.91 Å². The van der Waals surface area contributed by atoms with Crippen LogP contribution in [0.5, 0.6) is 0 Å². The van der Waals surface area contributed by atoms with E-state index in [0.29, 0.717) is 24.7 Å². The highest BCUT2D eigenvalue weighted by Gasteiger charge is 2.11. The molecule has 0 unspecified atom stereocenters. The average molecular weight is 351 g/mol. The number of amides is 1. The Balaban J connectivity index is 1.43. The van der Waals surface area contributed by atoms with E-state index >= 15 is 0 Å². The quantitative estimate of drug-likeness (QED) is 0.666. The molecule has 2 aromatic heterocycles. The van der Waals surface area contributed by atoms with Crippen LogP contribution in [0, 0.1) is 0 Å². The van der Waals surface area contributed by atoms with Gasteiger partial charge in [-0.1, -0.05) is 41.6 Å². The average Bonchev–Trinajstić information content (AvgIpc) is 3.09. The normalized spacial score (nSPS) is 10.8. The van der Waals surface area contributed by atoms with Gasteiger partial charge in [0.25, 0.3) is 0 Å². The van der Waals surface area contributed by atoms with Crippen molar-refractivity contribution in [3.8, 4) is 0 Å². The molecule has 3 aromatic rings. The van der Waals surface area contributed by atoms with Crippen LogP contribution in [0.3, 0.4) is 0 Å². The van der Waals surface area contributed by atoms with E-state index in [1.807, 2.05) is 54.4 Å².